The first-order valence-electron chi connectivity index (χ1n) is 14.1. The van der Waals surface area contributed by atoms with Crippen molar-refractivity contribution in [1.29, 1.82) is 0 Å². The predicted molar refractivity (Wildman–Crippen MR) is 159 cm³/mol. The molecule has 0 aromatic heterocycles. The van der Waals surface area contributed by atoms with Crippen molar-refractivity contribution in [3.05, 3.63) is 63.4 Å². The lowest BCUT2D eigenvalue weighted by Crippen LogP contribution is -2.56. The molecule has 4 atom stereocenters. The summed E-state index contributed by atoms with van der Waals surface area (Å²) in [5.41, 5.74) is 7.35. The molecule has 2 aromatic rings. The Hall–Kier alpha value is -3.21. The van der Waals surface area contributed by atoms with Crippen LogP contribution in [0.3, 0.4) is 0 Å². The Balaban J connectivity index is 1.47. The van der Waals surface area contributed by atoms with Crippen LogP contribution in [0.5, 0.6) is 0 Å². The summed E-state index contributed by atoms with van der Waals surface area (Å²) in [6.45, 7) is 5.82. The van der Waals surface area contributed by atoms with Gasteiger partial charge in [-0.25, -0.2) is 4.39 Å². The molecule has 2 aromatic carbocycles. The van der Waals surface area contributed by atoms with Gasteiger partial charge in [0.15, 0.2) is 5.82 Å². The molecule has 42 heavy (non-hydrogen) atoms. The molecule has 0 saturated carbocycles. The van der Waals surface area contributed by atoms with Crippen molar-refractivity contribution in [1.82, 2.24) is 15.1 Å². The number of anilines is 1. The van der Waals surface area contributed by atoms with Crippen LogP contribution >= 0.6 is 23.2 Å². The van der Waals surface area contributed by atoms with E-state index in [0.717, 1.165) is 11.1 Å². The standard InChI is InChI=1S/C30H36Cl2FN5O4/c1-17-14-37(15-18(17)2)25(39)9-10-26(40)38-16-20-6-4-3-5-19(20)13-24(38)30(42)36-23(11-12-34)29(41)35-22-8-7-21(31)27(32)28(22)33/h3-8,17-18,23-24H,9-16,34H2,1-2H3,(H,35,41)(H,36,42)/t17?,18?,23-,24-/m0/s1. The number of hydrogen-bond donors (Lipinski definition) is 3. The van der Waals surface area contributed by atoms with Crippen molar-refractivity contribution in [3.8, 4) is 0 Å². The van der Waals surface area contributed by atoms with Crippen LogP contribution < -0.4 is 16.4 Å². The highest BCUT2D eigenvalue weighted by Crippen LogP contribution is 2.30. The largest absolute Gasteiger partial charge is 0.342 e. The summed E-state index contributed by atoms with van der Waals surface area (Å²) < 4.78 is 14.6. The van der Waals surface area contributed by atoms with Gasteiger partial charge in [-0.15, -0.1) is 0 Å². The number of nitrogens with one attached hydrogen (secondary N) is 2. The number of likely N-dealkylation sites (tertiary alicyclic amines) is 1. The van der Waals surface area contributed by atoms with Crippen molar-refractivity contribution < 1.29 is 23.6 Å². The first-order valence-corrected chi connectivity index (χ1v) is 14.8. The van der Waals surface area contributed by atoms with Gasteiger partial charge in [0, 0.05) is 38.9 Å². The quantitative estimate of drug-likeness (QED) is 0.369. The average molecular weight is 621 g/mol. The number of benzene rings is 2. The molecule has 12 heteroatoms. The molecule has 2 aliphatic heterocycles. The lowest BCUT2D eigenvalue weighted by molar-refractivity contribution is -0.144. The molecule has 1 saturated heterocycles. The molecule has 2 heterocycles. The van der Waals surface area contributed by atoms with Gasteiger partial charge < -0.3 is 26.2 Å². The Morgan fingerprint density at radius 3 is 2.31 bits per heavy atom. The third-order valence-electron chi connectivity index (χ3n) is 8.15. The first-order chi connectivity index (χ1) is 20.0. The smallest absolute Gasteiger partial charge is 0.247 e. The molecule has 4 amide bonds. The number of nitrogens with zero attached hydrogens (tertiary/aromatic N) is 2. The van der Waals surface area contributed by atoms with E-state index in [4.69, 9.17) is 28.9 Å². The molecule has 0 bridgehead atoms. The monoisotopic (exact) mass is 619 g/mol. The normalized spacial score (nSPS) is 20.6. The molecule has 1 fully saturated rings. The van der Waals surface area contributed by atoms with E-state index >= 15 is 0 Å². The maximum Gasteiger partial charge on any atom is 0.247 e. The molecular formula is C30H36Cl2FN5O4. The van der Waals surface area contributed by atoms with Gasteiger partial charge in [-0.3, -0.25) is 19.2 Å². The van der Waals surface area contributed by atoms with E-state index in [1.165, 1.54) is 17.0 Å². The van der Waals surface area contributed by atoms with Crippen molar-refractivity contribution in [2.24, 2.45) is 17.6 Å². The van der Waals surface area contributed by atoms with Crippen LogP contribution in [-0.4, -0.2) is 65.1 Å². The third-order valence-corrected chi connectivity index (χ3v) is 8.93. The van der Waals surface area contributed by atoms with E-state index in [2.05, 4.69) is 24.5 Å². The Morgan fingerprint density at radius 1 is 1.00 bits per heavy atom. The third kappa shape index (κ3) is 7.22. The van der Waals surface area contributed by atoms with Gasteiger partial charge in [0.2, 0.25) is 23.6 Å². The van der Waals surface area contributed by atoms with Crippen LogP contribution in [0.2, 0.25) is 10.0 Å². The second kappa shape index (κ2) is 13.8. The highest BCUT2D eigenvalue weighted by molar-refractivity contribution is 6.42. The van der Waals surface area contributed by atoms with Crippen LogP contribution in [0, 0.1) is 17.7 Å². The van der Waals surface area contributed by atoms with Crippen LogP contribution in [0.25, 0.3) is 0 Å². The van der Waals surface area contributed by atoms with Crippen molar-refractivity contribution in [2.45, 2.75) is 58.2 Å². The Bertz CT molecular complexity index is 1350. The van der Waals surface area contributed by atoms with Gasteiger partial charge >= 0.3 is 0 Å². The van der Waals surface area contributed by atoms with E-state index in [9.17, 15) is 23.6 Å². The van der Waals surface area contributed by atoms with Crippen LogP contribution in [0.15, 0.2) is 36.4 Å². The SMILES string of the molecule is CC1CN(C(=O)CCC(=O)N2Cc3ccccc3C[C@H]2C(=O)N[C@@H](CCN)C(=O)Nc2ccc(Cl)c(Cl)c2F)CC1C. The highest BCUT2D eigenvalue weighted by atomic mass is 35.5. The minimum absolute atomic E-state index is 0.00689. The van der Waals surface area contributed by atoms with E-state index in [0.29, 0.717) is 24.9 Å². The summed E-state index contributed by atoms with van der Waals surface area (Å²) in [6, 6.07) is 8.12. The average Bonchev–Trinajstić information content (AvgIpc) is 3.32. The summed E-state index contributed by atoms with van der Waals surface area (Å²) in [4.78, 5) is 56.3. The Labute approximate surface area is 254 Å². The van der Waals surface area contributed by atoms with Crippen LogP contribution in [0.1, 0.15) is 44.2 Å². The molecule has 2 unspecified atom stereocenters. The number of carbonyl (C=O) groups is 4. The van der Waals surface area contributed by atoms with Gasteiger partial charge in [0.25, 0.3) is 0 Å². The Morgan fingerprint density at radius 2 is 1.64 bits per heavy atom. The van der Waals surface area contributed by atoms with Gasteiger partial charge in [0.1, 0.15) is 12.1 Å². The fourth-order valence-corrected chi connectivity index (χ4v) is 5.72. The summed E-state index contributed by atoms with van der Waals surface area (Å²) in [6.07, 6.45) is 0.325. The summed E-state index contributed by atoms with van der Waals surface area (Å²) in [7, 11) is 0. The second-order valence-electron chi connectivity index (χ2n) is 11.1. The summed E-state index contributed by atoms with van der Waals surface area (Å²) >= 11 is 11.7. The fraction of sp³-hybridized carbons (Fsp3) is 0.467. The molecule has 9 nitrogen and oxygen atoms in total. The van der Waals surface area contributed by atoms with E-state index in [1.54, 1.807) is 4.90 Å². The number of fused-ring (bicyclic) bond motifs is 1. The zero-order chi connectivity index (χ0) is 30.6. The maximum absolute atomic E-state index is 14.6. The molecule has 226 valence electrons. The summed E-state index contributed by atoms with van der Waals surface area (Å²) in [5, 5.41) is 4.80. The number of carbonyl (C=O) groups excluding carboxylic acids is 4. The first kappa shape index (κ1) is 31.7. The van der Waals surface area contributed by atoms with E-state index in [1.807, 2.05) is 24.3 Å². The summed E-state index contributed by atoms with van der Waals surface area (Å²) in [5.74, 6) is -1.73. The van der Waals surface area contributed by atoms with Crippen molar-refractivity contribution in [2.75, 3.05) is 25.0 Å². The lowest BCUT2D eigenvalue weighted by atomic mass is 9.92. The number of hydrogen-bond acceptors (Lipinski definition) is 5. The molecule has 4 N–H and O–H groups in total. The molecule has 0 spiro atoms. The fourth-order valence-electron chi connectivity index (χ4n) is 5.41. The van der Waals surface area contributed by atoms with Gasteiger partial charge in [-0.2, -0.15) is 0 Å². The molecule has 2 aliphatic rings. The zero-order valence-corrected chi connectivity index (χ0v) is 25.2. The number of amides is 4. The maximum atomic E-state index is 14.6. The van der Waals surface area contributed by atoms with Gasteiger partial charge in [-0.1, -0.05) is 61.3 Å². The molecular weight excluding hydrogens is 584 g/mol. The van der Waals surface area contributed by atoms with Crippen LogP contribution in [-0.2, 0) is 32.1 Å². The Kier molecular flexibility index (Phi) is 10.5. The predicted octanol–water partition coefficient (Wildman–Crippen LogP) is 3.75. The van der Waals surface area contributed by atoms with Crippen molar-refractivity contribution in [3.63, 3.8) is 0 Å². The topological polar surface area (TPSA) is 125 Å². The van der Waals surface area contributed by atoms with Gasteiger partial charge in [-0.05, 0) is 48.1 Å². The van der Waals surface area contributed by atoms with E-state index < -0.39 is 29.7 Å². The molecule has 0 radical (unpaired) electrons. The van der Waals surface area contributed by atoms with Crippen LogP contribution in [0.4, 0.5) is 10.1 Å². The number of nitrogens with two attached hydrogens (primary N) is 1. The van der Waals surface area contributed by atoms with E-state index in [-0.39, 0.29) is 66.3 Å². The van der Waals surface area contributed by atoms with Gasteiger partial charge in [0.05, 0.1) is 15.7 Å². The highest BCUT2D eigenvalue weighted by Gasteiger charge is 2.37. The minimum Gasteiger partial charge on any atom is -0.342 e. The second-order valence-corrected chi connectivity index (χ2v) is 11.9. The number of rotatable bonds is 9. The zero-order valence-electron chi connectivity index (χ0n) is 23.7. The van der Waals surface area contributed by atoms with Crippen molar-refractivity contribution >= 4 is 52.5 Å². The minimum atomic E-state index is -1.11. The molecule has 4 rings (SSSR count). The number of halogens is 3. The molecule has 0 aliphatic carbocycles. The lowest BCUT2D eigenvalue weighted by Gasteiger charge is -2.37.